The van der Waals surface area contributed by atoms with Crippen LogP contribution in [0.4, 0.5) is 5.69 Å². The maximum absolute atomic E-state index is 5.32. The van der Waals surface area contributed by atoms with Gasteiger partial charge in [-0.2, -0.15) is 4.98 Å². The number of aliphatic imine (C=N–C) groups is 1. The van der Waals surface area contributed by atoms with E-state index in [1.54, 1.807) is 0 Å². The van der Waals surface area contributed by atoms with Crippen molar-refractivity contribution in [2.75, 3.05) is 18.4 Å². The highest BCUT2D eigenvalue weighted by Crippen LogP contribution is 2.38. The number of rotatable bonds is 4. The minimum absolute atomic E-state index is 0.446. The number of likely N-dealkylation sites (tertiary alicyclic amines) is 1. The number of piperidine rings is 1. The monoisotopic (exact) mass is 325 g/mol. The van der Waals surface area contributed by atoms with E-state index in [2.05, 4.69) is 32.5 Å². The normalized spacial score (nSPS) is 18.7. The van der Waals surface area contributed by atoms with E-state index in [1.165, 1.54) is 32.1 Å². The van der Waals surface area contributed by atoms with Crippen LogP contribution in [0.3, 0.4) is 0 Å². The minimum atomic E-state index is 0.446. The molecule has 126 valence electrons. The summed E-state index contributed by atoms with van der Waals surface area (Å²) in [4.78, 5) is 11.5. The van der Waals surface area contributed by atoms with E-state index in [4.69, 9.17) is 9.52 Å². The molecule has 0 bridgehead atoms. The lowest BCUT2D eigenvalue weighted by Gasteiger charge is -2.30. The van der Waals surface area contributed by atoms with Crippen LogP contribution >= 0.6 is 0 Å². The average Bonchev–Trinajstić information content (AvgIpc) is 3.39. The van der Waals surface area contributed by atoms with Crippen molar-refractivity contribution in [1.82, 2.24) is 15.0 Å². The van der Waals surface area contributed by atoms with Gasteiger partial charge in [0.2, 0.25) is 5.89 Å². The molecule has 0 unspecified atom stereocenters. The van der Waals surface area contributed by atoms with Gasteiger partial charge in [-0.15, -0.1) is 0 Å². The smallest absolute Gasteiger partial charge is 0.229 e. The highest BCUT2D eigenvalue weighted by atomic mass is 16.5. The largest absolute Gasteiger partial charge is 0.343 e. The van der Waals surface area contributed by atoms with Crippen LogP contribution in [0.1, 0.15) is 49.7 Å². The van der Waals surface area contributed by atoms with Crippen molar-refractivity contribution in [2.45, 2.75) is 44.6 Å². The van der Waals surface area contributed by atoms with E-state index in [-0.39, 0.29) is 0 Å². The van der Waals surface area contributed by atoms with Gasteiger partial charge in [0.1, 0.15) is 6.54 Å². The lowest BCUT2D eigenvalue weighted by molar-refractivity contribution is 0.340. The zero-order valence-corrected chi connectivity index (χ0v) is 13.8. The summed E-state index contributed by atoms with van der Waals surface area (Å²) in [5, 5.41) is 7.51. The van der Waals surface area contributed by atoms with Crippen molar-refractivity contribution < 1.29 is 4.52 Å². The number of guanidine groups is 1. The van der Waals surface area contributed by atoms with Gasteiger partial charge in [0.05, 0.1) is 0 Å². The van der Waals surface area contributed by atoms with Crippen molar-refractivity contribution in [2.24, 2.45) is 4.99 Å². The number of benzene rings is 1. The molecule has 0 spiro atoms. The first-order chi connectivity index (χ1) is 11.9. The van der Waals surface area contributed by atoms with Gasteiger partial charge in [-0.05, 0) is 44.2 Å². The Hall–Kier alpha value is -2.37. The molecule has 2 heterocycles. The Morgan fingerprint density at radius 3 is 2.71 bits per heavy atom. The maximum atomic E-state index is 5.32. The van der Waals surface area contributed by atoms with Crippen LogP contribution in [-0.4, -0.2) is 34.1 Å². The Morgan fingerprint density at radius 2 is 1.96 bits per heavy atom. The molecular weight excluding hydrogens is 302 g/mol. The third-order valence-corrected chi connectivity index (χ3v) is 4.47. The maximum Gasteiger partial charge on any atom is 0.229 e. The highest BCUT2D eigenvalue weighted by molar-refractivity contribution is 5.93. The number of hydrogen-bond donors (Lipinski definition) is 1. The van der Waals surface area contributed by atoms with Gasteiger partial charge < -0.3 is 14.7 Å². The number of hydrogen-bond acceptors (Lipinski definition) is 4. The van der Waals surface area contributed by atoms with Crippen molar-refractivity contribution in [1.29, 1.82) is 0 Å². The van der Waals surface area contributed by atoms with Crippen molar-refractivity contribution >= 4 is 11.6 Å². The third-order valence-electron chi connectivity index (χ3n) is 4.47. The predicted octanol–water partition coefficient (Wildman–Crippen LogP) is 3.40. The van der Waals surface area contributed by atoms with Crippen LogP contribution in [0.5, 0.6) is 0 Å². The summed E-state index contributed by atoms with van der Waals surface area (Å²) >= 11 is 0. The second-order valence-electron chi connectivity index (χ2n) is 6.50. The number of anilines is 1. The van der Waals surface area contributed by atoms with Crippen molar-refractivity contribution in [3.63, 3.8) is 0 Å². The molecule has 2 aromatic rings. The number of nitrogens with zero attached hydrogens (tertiary/aromatic N) is 4. The number of para-hydroxylation sites is 1. The molecule has 1 aromatic heterocycles. The van der Waals surface area contributed by atoms with Crippen LogP contribution in [0.15, 0.2) is 39.8 Å². The van der Waals surface area contributed by atoms with Crippen molar-refractivity contribution in [3.05, 3.63) is 42.0 Å². The van der Waals surface area contributed by atoms with Crippen molar-refractivity contribution in [3.8, 4) is 0 Å². The molecule has 6 heteroatoms. The molecule has 1 saturated carbocycles. The topological polar surface area (TPSA) is 66.5 Å². The number of aromatic nitrogens is 2. The van der Waals surface area contributed by atoms with E-state index in [0.29, 0.717) is 18.3 Å². The second kappa shape index (κ2) is 7.03. The first kappa shape index (κ1) is 15.2. The summed E-state index contributed by atoms with van der Waals surface area (Å²) in [5.41, 5.74) is 1.05. The van der Waals surface area contributed by atoms with Gasteiger partial charge in [0.15, 0.2) is 11.8 Å². The Labute approximate surface area is 142 Å². The van der Waals surface area contributed by atoms with Crippen LogP contribution in [0.25, 0.3) is 0 Å². The molecule has 0 amide bonds. The van der Waals surface area contributed by atoms with E-state index in [9.17, 15) is 0 Å². The van der Waals surface area contributed by atoms with E-state index in [1.807, 2.05) is 18.2 Å². The van der Waals surface area contributed by atoms with Crippen LogP contribution in [0.2, 0.25) is 0 Å². The third kappa shape index (κ3) is 3.75. The molecule has 1 N–H and O–H groups in total. The molecule has 1 aliphatic heterocycles. The quantitative estimate of drug-likeness (QED) is 0.689. The highest BCUT2D eigenvalue weighted by Gasteiger charge is 2.29. The summed E-state index contributed by atoms with van der Waals surface area (Å²) in [6.45, 7) is 2.53. The molecule has 1 saturated heterocycles. The molecule has 4 rings (SSSR count). The van der Waals surface area contributed by atoms with Crippen LogP contribution < -0.4 is 5.32 Å². The molecule has 1 aliphatic carbocycles. The fraction of sp³-hybridized carbons (Fsp3) is 0.500. The lowest BCUT2D eigenvalue weighted by Crippen LogP contribution is -2.40. The summed E-state index contributed by atoms with van der Waals surface area (Å²) in [6.07, 6.45) is 6.05. The molecule has 0 atom stereocenters. The first-order valence-corrected chi connectivity index (χ1v) is 8.82. The fourth-order valence-corrected chi connectivity index (χ4v) is 2.95. The second-order valence-corrected chi connectivity index (χ2v) is 6.50. The van der Waals surface area contributed by atoms with E-state index < -0.39 is 0 Å². The molecule has 6 nitrogen and oxygen atoms in total. The Morgan fingerprint density at radius 1 is 1.17 bits per heavy atom. The zero-order valence-electron chi connectivity index (χ0n) is 13.8. The van der Waals surface area contributed by atoms with Crippen LogP contribution in [0, 0.1) is 0 Å². The van der Waals surface area contributed by atoms with Gasteiger partial charge in [0.25, 0.3) is 0 Å². The summed E-state index contributed by atoms with van der Waals surface area (Å²) in [7, 11) is 0. The van der Waals surface area contributed by atoms with Gasteiger partial charge >= 0.3 is 0 Å². The Balaban J connectivity index is 1.48. The first-order valence-electron chi connectivity index (χ1n) is 8.82. The zero-order chi connectivity index (χ0) is 16.2. The summed E-state index contributed by atoms with van der Waals surface area (Å²) < 4.78 is 5.32. The molecule has 0 radical (unpaired) electrons. The average molecular weight is 325 g/mol. The number of nitrogens with one attached hydrogen (secondary N) is 1. The standard InChI is InChI=1S/C18H23N5O/c1-3-7-15(8-4-1)20-18(23-11-5-2-6-12-23)19-13-16-21-17(24-22-16)14-9-10-14/h1,3-4,7-8,14H,2,5-6,9-13H2,(H,19,20). The molecular formula is C18H23N5O. The van der Waals surface area contributed by atoms with Crippen LogP contribution in [-0.2, 0) is 6.54 Å². The van der Waals surface area contributed by atoms with E-state index in [0.717, 1.165) is 30.6 Å². The SMILES string of the molecule is c1ccc(NC(=NCc2noc(C3CC3)n2)N2CCCCC2)cc1. The van der Waals surface area contributed by atoms with Gasteiger partial charge in [-0.3, -0.25) is 0 Å². The van der Waals surface area contributed by atoms with Gasteiger partial charge in [0, 0.05) is 24.7 Å². The Bertz CT molecular complexity index is 686. The molecule has 1 aromatic carbocycles. The van der Waals surface area contributed by atoms with Gasteiger partial charge in [-0.25, -0.2) is 4.99 Å². The predicted molar refractivity (Wildman–Crippen MR) is 92.9 cm³/mol. The lowest BCUT2D eigenvalue weighted by atomic mass is 10.1. The summed E-state index contributed by atoms with van der Waals surface area (Å²) in [6, 6.07) is 10.2. The Kier molecular flexibility index (Phi) is 4.44. The molecule has 2 fully saturated rings. The van der Waals surface area contributed by atoms with Gasteiger partial charge in [-0.1, -0.05) is 23.4 Å². The summed E-state index contributed by atoms with van der Waals surface area (Å²) in [5.74, 6) is 2.83. The minimum Gasteiger partial charge on any atom is -0.343 e. The molecule has 24 heavy (non-hydrogen) atoms. The fourth-order valence-electron chi connectivity index (χ4n) is 2.95. The molecule has 2 aliphatic rings. The van der Waals surface area contributed by atoms with E-state index >= 15 is 0 Å².